The van der Waals surface area contributed by atoms with Crippen LogP contribution < -0.4 is 0 Å². The number of hydrogen-bond donors (Lipinski definition) is 0. The van der Waals surface area contributed by atoms with Gasteiger partial charge in [0.1, 0.15) is 10.5 Å². The van der Waals surface area contributed by atoms with E-state index in [0.717, 1.165) is 5.39 Å². The van der Waals surface area contributed by atoms with Crippen LogP contribution in [0.5, 0.6) is 0 Å². The summed E-state index contributed by atoms with van der Waals surface area (Å²) < 4.78 is 32.2. The highest BCUT2D eigenvalue weighted by atomic mass is 32.2. The van der Waals surface area contributed by atoms with Crippen LogP contribution in [0, 0.1) is 0 Å². The highest BCUT2D eigenvalue weighted by Gasteiger charge is 2.31. The van der Waals surface area contributed by atoms with E-state index >= 15 is 0 Å². The zero-order chi connectivity index (χ0) is 18.1. The number of carbonyl (C=O) groups excluding carboxylic acids is 1. The molecule has 0 unspecified atom stereocenters. The normalized spacial score (nSPS) is 16.1. The molecule has 0 aliphatic carbocycles. The first-order chi connectivity index (χ1) is 12.6. The van der Waals surface area contributed by atoms with Crippen LogP contribution in [-0.4, -0.2) is 54.7 Å². The quantitative estimate of drug-likeness (QED) is 0.703. The summed E-state index contributed by atoms with van der Waals surface area (Å²) in [6.45, 7) is 1.11. The van der Waals surface area contributed by atoms with Gasteiger partial charge in [-0.05, 0) is 24.3 Å². The van der Waals surface area contributed by atoms with E-state index in [-0.39, 0.29) is 29.7 Å². The lowest BCUT2D eigenvalue weighted by atomic mass is 10.2. The van der Waals surface area contributed by atoms with Gasteiger partial charge in [0.2, 0.25) is 10.0 Å². The van der Waals surface area contributed by atoms with Crippen LogP contribution >= 0.6 is 0 Å². The molecule has 0 bridgehead atoms. The van der Waals surface area contributed by atoms with Gasteiger partial charge < -0.3 is 9.32 Å². The first-order valence-corrected chi connectivity index (χ1v) is 9.68. The van der Waals surface area contributed by atoms with Crippen molar-refractivity contribution >= 4 is 26.9 Å². The van der Waals surface area contributed by atoms with Crippen molar-refractivity contribution < 1.29 is 17.6 Å². The Morgan fingerprint density at radius 1 is 1.04 bits per heavy atom. The lowest BCUT2D eigenvalue weighted by Crippen LogP contribution is -2.50. The molecular formula is C18H17N3O4S. The van der Waals surface area contributed by atoms with Crippen LogP contribution in [0.15, 0.2) is 64.2 Å². The molecule has 0 N–H and O–H groups in total. The van der Waals surface area contributed by atoms with E-state index in [2.05, 4.69) is 4.98 Å². The maximum absolute atomic E-state index is 12.6. The molecule has 3 heterocycles. The third-order valence-electron chi connectivity index (χ3n) is 4.43. The van der Waals surface area contributed by atoms with Crippen molar-refractivity contribution in [3.8, 4) is 0 Å². The minimum atomic E-state index is -3.59. The highest BCUT2D eigenvalue weighted by molar-refractivity contribution is 7.89. The number of carbonyl (C=O) groups is 1. The molecule has 1 amide bonds. The van der Waals surface area contributed by atoms with Crippen molar-refractivity contribution in [1.29, 1.82) is 0 Å². The zero-order valence-corrected chi connectivity index (χ0v) is 14.7. The fraction of sp³-hybridized carbons (Fsp3) is 0.222. The van der Waals surface area contributed by atoms with Gasteiger partial charge in [-0.15, -0.1) is 0 Å². The molecular weight excluding hydrogens is 354 g/mol. The number of rotatable bonds is 3. The van der Waals surface area contributed by atoms with Crippen LogP contribution in [0.25, 0.3) is 11.0 Å². The van der Waals surface area contributed by atoms with Crippen LogP contribution in [0.2, 0.25) is 0 Å². The summed E-state index contributed by atoms with van der Waals surface area (Å²) in [5.74, 6) is 0.0504. The van der Waals surface area contributed by atoms with Gasteiger partial charge >= 0.3 is 0 Å². The molecule has 1 aliphatic rings. The summed E-state index contributed by atoms with van der Waals surface area (Å²) in [6, 6.07) is 12.3. The minimum absolute atomic E-state index is 0.164. The summed E-state index contributed by atoms with van der Waals surface area (Å²) in [7, 11) is -3.59. The molecule has 1 saturated heterocycles. The average Bonchev–Trinajstić information content (AvgIpc) is 3.12. The van der Waals surface area contributed by atoms with Gasteiger partial charge in [0.25, 0.3) is 5.91 Å². The second-order valence-corrected chi connectivity index (χ2v) is 7.97. The van der Waals surface area contributed by atoms with Crippen molar-refractivity contribution in [2.24, 2.45) is 0 Å². The molecule has 0 spiro atoms. The predicted octanol–water partition coefficient (Wildman–Crippen LogP) is 1.97. The molecule has 2 aromatic heterocycles. The molecule has 3 aromatic rings. The van der Waals surface area contributed by atoms with E-state index in [4.69, 9.17) is 4.42 Å². The Hall–Kier alpha value is -2.71. The van der Waals surface area contributed by atoms with E-state index in [0.29, 0.717) is 18.7 Å². The zero-order valence-electron chi connectivity index (χ0n) is 13.9. The lowest BCUT2D eigenvalue weighted by Gasteiger charge is -2.33. The van der Waals surface area contributed by atoms with Gasteiger partial charge in [0, 0.05) is 44.0 Å². The van der Waals surface area contributed by atoms with Crippen molar-refractivity contribution in [3.63, 3.8) is 0 Å². The number of sulfonamides is 1. The summed E-state index contributed by atoms with van der Waals surface area (Å²) in [5.41, 5.74) is 0.661. The number of para-hydroxylation sites is 1. The Morgan fingerprint density at radius 3 is 2.50 bits per heavy atom. The number of amides is 1. The summed E-state index contributed by atoms with van der Waals surface area (Å²) in [6.07, 6.45) is 2.87. The van der Waals surface area contributed by atoms with Gasteiger partial charge in [-0.25, -0.2) is 8.42 Å². The fourth-order valence-electron chi connectivity index (χ4n) is 3.02. The molecule has 0 atom stereocenters. The minimum Gasteiger partial charge on any atom is -0.451 e. The number of hydrogen-bond acceptors (Lipinski definition) is 5. The third-order valence-corrected chi connectivity index (χ3v) is 6.32. The van der Waals surface area contributed by atoms with Gasteiger partial charge in [-0.2, -0.15) is 4.31 Å². The summed E-state index contributed by atoms with van der Waals surface area (Å²) in [5, 5.41) is 0.869. The smallest absolute Gasteiger partial charge is 0.289 e. The Kier molecular flexibility index (Phi) is 4.21. The molecule has 1 fully saturated rings. The second-order valence-electron chi connectivity index (χ2n) is 6.03. The molecule has 1 aliphatic heterocycles. The molecule has 0 saturated carbocycles. The van der Waals surface area contributed by atoms with Crippen molar-refractivity contribution in [3.05, 3.63) is 60.6 Å². The molecule has 26 heavy (non-hydrogen) atoms. The first kappa shape index (κ1) is 16.7. The van der Waals surface area contributed by atoms with Gasteiger partial charge in [0.15, 0.2) is 5.76 Å². The number of pyridine rings is 1. The Balaban J connectivity index is 1.47. The highest BCUT2D eigenvalue weighted by Crippen LogP contribution is 2.22. The van der Waals surface area contributed by atoms with E-state index in [1.165, 1.54) is 22.8 Å². The second kappa shape index (κ2) is 6.54. The van der Waals surface area contributed by atoms with Crippen LogP contribution in [0.4, 0.5) is 0 Å². The van der Waals surface area contributed by atoms with Crippen LogP contribution in [0.3, 0.4) is 0 Å². The summed E-state index contributed by atoms with van der Waals surface area (Å²) in [4.78, 5) is 18.3. The maximum atomic E-state index is 12.6. The van der Waals surface area contributed by atoms with E-state index in [9.17, 15) is 13.2 Å². The van der Waals surface area contributed by atoms with E-state index in [1.54, 1.807) is 17.0 Å². The first-order valence-electron chi connectivity index (χ1n) is 8.24. The lowest BCUT2D eigenvalue weighted by molar-refractivity contribution is 0.0668. The van der Waals surface area contributed by atoms with Gasteiger partial charge in [-0.1, -0.05) is 18.2 Å². The molecule has 0 radical (unpaired) electrons. The fourth-order valence-corrected chi connectivity index (χ4v) is 4.41. The molecule has 7 nitrogen and oxygen atoms in total. The molecule has 8 heteroatoms. The average molecular weight is 371 g/mol. The topological polar surface area (TPSA) is 83.7 Å². The number of benzene rings is 1. The number of fused-ring (bicyclic) bond motifs is 1. The van der Waals surface area contributed by atoms with Gasteiger partial charge in [-0.3, -0.25) is 9.78 Å². The molecule has 4 rings (SSSR count). The SMILES string of the molecule is O=C(c1cc2ccccc2o1)N1CCN(S(=O)(=O)c2cccnc2)CC1. The van der Waals surface area contributed by atoms with E-state index in [1.807, 2.05) is 24.3 Å². The molecule has 134 valence electrons. The Morgan fingerprint density at radius 2 is 1.81 bits per heavy atom. The number of nitrogens with zero attached hydrogens (tertiary/aromatic N) is 3. The van der Waals surface area contributed by atoms with E-state index < -0.39 is 10.0 Å². The van der Waals surface area contributed by atoms with Crippen molar-refractivity contribution in [2.75, 3.05) is 26.2 Å². The Labute approximate surface area is 150 Å². The Bertz CT molecular complexity index is 1010. The third kappa shape index (κ3) is 2.97. The number of furan rings is 1. The van der Waals surface area contributed by atoms with Crippen LogP contribution in [0.1, 0.15) is 10.6 Å². The van der Waals surface area contributed by atoms with Gasteiger partial charge in [0.05, 0.1) is 0 Å². The maximum Gasteiger partial charge on any atom is 0.289 e. The standard InChI is InChI=1S/C18H17N3O4S/c22-18(17-12-14-4-1-2-6-16(14)25-17)20-8-10-21(11-9-20)26(23,24)15-5-3-7-19-13-15/h1-7,12-13H,8-11H2. The number of aromatic nitrogens is 1. The van der Waals surface area contributed by atoms with Crippen molar-refractivity contribution in [2.45, 2.75) is 4.90 Å². The largest absolute Gasteiger partial charge is 0.451 e. The number of piperazine rings is 1. The summed E-state index contributed by atoms with van der Waals surface area (Å²) >= 11 is 0. The monoisotopic (exact) mass is 371 g/mol. The van der Waals surface area contributed by atoms with Crippen LogP contribution in [-0.2, 0) is 10.0 Å². The molecule has 1 aromatic carbocycles. The van der Waals surface area contributed by atoms with Crippen molar-refractivity contribution in [1.82, 2.24) is 14.2 Å². The predicted molar refractivity (Wildman–Crippen MR) is 95.1 cm³/mol.